The van der Waals surface area contributed by atoms with Gasteiger partial charge >= 0.3 is 11.9 Å². The highest BCUT2D eigenvalue weighted by atomic mass is 32.1. The number of benzene rings is 3. The highest BCUT2D eigenvalue weighted by Gasteiger charge is 2.26. The summed E-state index contributed by atoms with van der Waals surface area (Å²) in [6.45, 7) is 6.01. The average Bonchev–Trinajstić information content (AvgIpc) is 3.64. The zero-order valence-electron chi connectivity index (χ0n) is 23.1. The van der Waals surface area contributed by atoms with Crippen molar-refractivity contribution >= 4 is 40.3 Å². The molecule has 41 heavy (non-hydrogen) atoms. The lowest BCUT2D eigenvalue weighted by molar-refractivity contribution is -0.137. The van der Waals surface area contributed by atoms with Crippen molar-refractivity contribution in [2.75, 3.05) is 6.61 Å². The molecule has 0 saturated heterocycles. The first kappa shape index (κ1) is 28.2. The number of unbranched alkanes of at least 4 members (excludes halogenated alkanes) is 3. The molecule has 0 radical (unpaired) electrons. The number of carboxylic acid groups (broad SMARTS) is 1. The molecule has 5 rings (SSSR count). The Morgan fingerprint density at radius 1 is 0.902 bits per heavy atom. The van der Waals surface area contributed by atoms with Gasteiger partial charge in [0.2, 0.25) is 0 Å². The van der Waals surface area contributed by atoms with E-state index in [0.29, 0.717) is 12.2 Å². The van der Waals surface area contributed by atoms with Gasteiger partial charge in [0.05, 0.1) is 12.2 Å². The van der Waals surface area contributed by atoms with Gasteiger partial charge in [-0.3, -0.25) is 4.99 Å². The maximum Gasteiger partial charge on any atom is 0.335 e. The van der Waals surface area contributed by atoms with Gasteiger partial charge in [-0.2, -0.15) is 0 Å². The minimum absolute atomic E-state index is 0.299. The zero-order valence-corrected chi connectivity index (χ0v) is 24.0. The molecule has 0 amide bonds. The van der Waals surface area contributed by atoms with Gasteiger partial charge in [0.25, 0.3) is 0 Å². The van der Waals surface area contributed by atoms with Crippen LogP contribution in [0.15, 0.2) is 102 Å². The molecule has 0 fully saturated rings. The van der Waals surface area contributed by atoms with E-state index >= 15 is 0 Å². The third-order valence-corrected chi connectivity index (χ3v) is 8.65. The predicted octanol–water partition coefficient (Wildman–Crippen LogP) is 8.84. The molecule has 1 aliphatic heterocycles. The third kappa shape index (κ3) is 6.72. The van der Waals surface area contributed by atoms with E-state index in [1.54, 1.807) is 23.5 Å². The molecule has 3 aromatic carbocycles. The van der Waals surface area contributed by atoms with Crippen LogP contribution in [-0.2, 0) is 15.1 Å². The molecule has 208 valence electrons. The van der Waals surface area contributed by atoms with Gasteiger partial charge in [-0.1, -0.05) is 61.9 Å². The van der Waals surface area contributed by atoms with Crippen LogP contribution in [0.1, 0.15) is 54.9 Å². The lowest BCUT2D eigenvalue weighted by atomic mass is 9.91. The Kier molecular flexibility index (Phi) is 8.60. The second kappa shape index (κ2) is 12.5. The molecule has 0 bridgehead atoms. The fraction of sp³-hybridized carbons (Fsp3) is 0.229. The third-order valence-electron chi connectivity index (χ3n) is 7.47. The number of hydrogen-bond donors (Lipinski definition) is 1. The fourth-order valence-corrected chi connectivity index (χ4v) is 6.12. The van der Waals surface area contributed by atoms with Crippen LogP contribution in [0.5, 0.6) is 0 Å². The maximum absolute atomic E-state index is 11.3. The number of thiophene rings is 1. The fourth-order valence-electron chi connectivity index (χ4n) is 5.12. The zero-order chi connectivity index (χ0) is 28.8. The molecular formula is C35H33NO4S. The van der Waals surface area contributed by atoms with E-state index < -0.39 is 5.97 Å². The lowest BCUT2D eigenvalue weighted by Gasteiger charge is -2.19. The number of hydrogen-bond acceptors (Lipinski definition) is 5. The van der Waals surface area contributed by atoms with Crippen LogP contribution in [0, 0.1) is 0 Å². The second-order valence-corrected chi connectivity index (χ2v) is 11.6. The molecular weight excluding hydrogens is 530 g/mol. The smallest absolute Gasteiger partial charge is 0.335 e. The van der Waals surface area contributed by atoms with Crippen LogP contribution in [0.3, 0.4) is 0 Å². The van der Waals surface area contributed by atoms with E-state index in [1.165, 1.54) is 32.5 Å². The van der Waals surface area contributed by atoms with E-state index in [4.69, 9.17) is 9.73 Å². The van der Waals surface area contributed by atoms with Crippen LogP contribution >= 0.6 is 11.3 Å². The molecule has 6 heteroatoms. The van der Waals surface area contributed by atoms with E-state index in [9.17, 15) is 14.7 Å². The number of aromatic carboxylic acids is 1. The van der Waals surface area contributed by atoms with Crippen molar-refractivity contribution in [2.45, 2.75) is 44.6 Å². The first-order chi connectivity index (χ1) is 19.8. The summed E-state index contributed by atoms with van der Waals surface area (Å²) in [5, 5.41) is 11.2. The Morgan fingerprint density at radius 3 is 2.34 bits per heavy atom. The van der Waals surface area contributed by atoms with Crippen LogP contribution in [-0.4, -0.2) is 29.9 Å². The Balaban J connectivity index is 1.19. The Hall–Kier alpha value is -4.29. The quantitative estimate of drug-likeness (QED) is 0.106. The molecule has 4 aromatic rings. The number of carbonyl (C=O) groups excluding carboxylic acids is 1. The van der Waals surface area contributed by atoms with Crippen LogP contribution < -0.4 is 0 Å². The molecule has 0 spiro atoms. The minimum atomic E-state index is -0.913. The van der Waals surface area contributed by atoms with Crippen molar-refractivity contribution in [2.24, 2.45) is 4.99 Å². The van der Waals surface area contributed by atoms with Gasteiger partial charge < -0.3 is 9.84 Å². The first-order valence-electron chi connectivity index (χ1n) is 13.9. The van der Waals surface area contributed by atoms with Crippen molar-refractivity contribution in [3.8, 4) is 20.9 Å². The van der Waals surface area contributed by atoms with Crippen molar-refractivity contribution < 1.29 is 19.4 Å². The highest BCUT2D eigenvalue weighted by Crippen LogP contribution is 2.38. The van der Waals surface area contributed by atoms with Crippen LogP contribution in [0.2, 0.25) is 0 Å². The second-order valence-electron chi connectivity index (χ2n) is 10.5. The Labute approximate surface area is 244 Å². The van der Waals surface area contributed by atoms with Crippen molar-refractivity contribution in [1.82, 2.24) is 0 Å². The van der Waals surface area contributed by atoms with Gasteiger partial charge in [-0.25, -0.2) is 9.59 Å². The molecule has 0 saturated carbocycles. The van der Waals surface area contributed by atoms with Crippen LogP contribution in [0.4, 0.5) is 0 Å². The molecule has 1 aromatic heterocycles. The van der Waals surface area contributed by atoms with Crippen molar-refractivity contribution in [1.29, 1.82) is 0 Å². The van der Waals surface area contributed by atoms with E-state index in [-0.39, 0.29) is 11.5 Å². The lowest BCUT2D eigenvalue weighted by Crippen LogP contribution is -2.13. The molecule has 1 atom stereocenters. The van der Waals surface area contributed by atoms with Gasteiger partial charge in [-0.05, 0) is 95.6 Å². The maximum atomic E-state index is 11.3. The van der Waals surface area contributed by atoms with E-state index in [1.807, 2.05) is 18.3 Å². The number of carbonyl (C=O) groups is 2. The standard InChI is InChI=1S/C35H33NO4S/c1-3-33(37)40-19-7-5-4-6-8-24-22-35(2,36-23-24)30-15-13-25(14-16-30)31-17-18-32(41-31)28-11-9-27-21-29(34(38)39)12-10-26(27)20-28/h3,9-18,20-23H,1,4-8,19H2,2H3,(H,38,39). The topological polar surface area (TPSA) is 76.0 Å². The Bertz CT molecular complexity index is 1650. The van der Waals surface area contributed by atoms with E-state index in [2.05, 4.69) is 68.1 Å². The van der Waals surface area contributed by atoms with Crippen molar-refractivity contribution in [3.05, 3.63) is 108 Å². The van der Waals surface area contributed by atoms with Gasteiger partial charge in [0.15, 0.2) is 0 Å². The van der Waals surface area contributed by atoms with Crippen molar-refractivity contribution in [3.63, 3.8) is 0 Å². The summed E-state index contributed by atoms with van der Waals surface area (Å²) in [6.07, 6.45) is 10.6. The highest BCUT2D eigenvalue weighted by molar-refractivity contribution is 7.18. The predicted molar refractivity (Wildman–Crippen MR) is 168 cm³/mol. The molecule has 2 heterocycles. The summed E-state index contributed by atoms with van der Waals surface area (Å²) < 4.78 is 5.02. The number of rotatable bonds is 12. The average molecular weight is 564 g/mol. The number of nitrogens with zero attached hydrogens (tertiary/aromatic N) is 1. The SMILES string of the molecule is C=CC(=O)OCCCCCCC1=CC(C)(c2ccc(-c3ccc(-c4ccc5cc(C(=O)O)ccc5c4)s3)cc2)N=C1. The summed E-state index contributed by atoms with van der Waals surface area (Å²) in [7, 11) is 0. The summed E-state index contributed by atoms with van der Waals surface area (Å²) in [5.41, 5.74) is 4.68. The number of fused-ring (bicyclic) bond motifs is 1. The number of aliphatic imine (C=N–C) groups is 1. The Morgan fingerprint density at radius 2 is 1.59 bits per heavy atom. The van der Waals surface area contributed by atoms with E-state index in [0.717, 1.165) is 48.4 Å². The number of ether oxygens (including phenoxy) is 1. The summed E-state index contributed by atoms with van der Waals surface area (Å²) in [4.78, 5) is 29.6. The number of allylic oxidation sites excluding steroid dienone is 1. The number of carboxylic acids is 1. The largest absolute Gasteiger partial charge is 0.478 e. The van der Waals surface area contributed by atoms with Gasteiger partial charge in [0.1, 0.15) is 5.54 Å². The minimum Gasteiger partial charge on any atom is -0.478 e. The molecule has 1 aliphatic rings. The molecule has 1 N–H and O–H groups in total. The summed E-state index contributed by atoms with van der Waals surface area (Å²) in [6, 6.07) is 24.4. The van der Waals surface area contributed by atoms with Gasteiger partial charge in [-0.15, -0.1) is 11.3 Å². The normalized spacial score (nSPS) is 16.1. The van der Waals surface area contributed by atoms with Crippen LogP contribution in [0.25, 0.3) is 31.7 Å². The number of esters is 1. The molecule has 5 nitrogen and oxygen atoms in total. The monoisotopic (exact) mass is 563 g/mol. The molecule has 1 unspecified atom stereocenters. The summed E-state index contributed by atoms with van der Waals surface area (Å²) >= 11 is 1.75. The first-order valence-corrected chi connectivity index (χ1v) is 14.7. The van der Waals surface area contributed by atoms with Gasteiger partial charge in [0, 0.05) is 22.0 Å². The summed E-state index contributed by atoms with van der Waals surface area (Å²) in [5.74, 6) is -1.27. The molecule has 0 aliphatic carbocycles.